The average molecular weight is 1630 g/mol. The third-order valence-electron chi connectivity index (χ3n) is 21.5. The van der Waals surface area contributed by atoms with Gasteiger partial charge in [0.2, 0.25) is 55.5 Å². The van der Waals surface area contributed by atoms with Crippen molar-refractivity contribution in [2.75, 3.05) is 26.2 Å². The summed E-state index contributed by atoms with van der Waals surface area (Å²) < 4.78 is 103. The number of nitrogens with one attached hydrogen (secondary N) is 7. The summed E-state index contributed by atoms with van der Waals surface area (Å²) in [6.07, 6.45) is -0.209. The second-order valence-electron chi connectivity index (χ2n) is 32.6. The van der Waals surface area contributed by atoms with Gasteiger partial charge in [0.25, 0.3) is 17.7 Å². The molecule has 2 aromatic carbocycles. The van der Waals surface area contributed by atoms with Crippen molar-refractivity contribution in [1.82, 2.24) is 60.6 Å². The monoisotopic (exact) mass is 1630 g/mol. The fraction of sp³-hybridized carbons (Fsp3) is 0.579. The van der Waals surface area contributed by atoms with Crippen molar-refractivity contribution < 1.29 is 112 Å². The highest BCUT2D eigenvalue weighted by molar-refractivity contribution is 7.91. The van der Waals surface area contributed by atoms with Gasteiger partial charge in [0.1, 0.15) is 76.6 Å². The topological polar surface area (TPSA) is 456 Å². The number of rotatable bonds is 26. The first-order chi connectivity index (χ1) is 53.7. The van der Waals surface area contributed by atoms with Crippen molar-refractivity contribution in [3.63, 3.8) is 0 Å². The van der Waals surface area contributed by atoms with Gasteiger partial charge in [0.15, 0.2) is 6.10 Å². The van der Waals surface area contributed by atoms with Crippen LogP contribution in [0.4, 0.5) is 18.8 Å². The number of aryl methyl sites for hydroxylation is 1. The molecule has 1 aromatic heterocycles. The molecule has 114 heavy (non-hydrogen) atoms. The number of fused-ring (bicyclic) bond motifs is 4. The molecule has 0 spiro atoms. The lowest BCUT2D eigenvalue weighted by atomic mass is 10.1. The second kappa shape index (κ2) is 32.4. The van der Waals surface area contributed by atoms with Crippen LogP contribution in [0.1, 0.15) is 148 Å². The number of carbonyl (C=O) groups excluding carboxylic acids is 13. The van der Waals surface area contributed by atoms with Gasteiger partial charge in [-0.15, -0.1) is 13.2 Å². The van der Waals surface area contributed by atoms with Crippen LogP contribution in [0.2, 0.25) is 0 Å². The van der Waals surface area contributed by atoms with Crippen molar-refractivity contribution in [1.29, 1.82) is 0 Å². The van der Waals surface area contributed by atoms with Crippen LogP contribution < -0.4 is 40.8 Å². The summed E-state index contributed by atoms with van der Waals surface area (Å²) in [6, 6.07) is 5.87. The largest absolute Gasteiger partial charge is 0.472 e. The molecule has 13 atom stereocenters. The number of pyridine rings is 1. The average Bonchev–Trinajstić information content (AvgIpc) is 1.57. The van der Waals surface area contributed by atoms with E-state index in [1.165, 1.54) is 39.0 Å². The molecule has 7 heterocycles. The lowest BCUT2D eigenvalue weighted by Gasteiger charge is -2.31. The minimum absolute atomic E-state index is 0.0260. The van der Waals surface area contributed by atoms with Gasteiger partial charge in [0, 0.05) is 80.6 Å². The number of morpholine rings is 1. The highest BCUT2D eigenvalue weighted by atomic mass is 32.2. The third-order valence-corrected chi connectivity index (χ3v) is 25.1. The predicted molar refractivity (Wildman–Crippen MR) is 398 cm³/mol. The summed E-state index contributed by atoms with van der Waals surface area (Å²) in [5, 5.41) is 13.2. The van der Waals surface area contributed by atoms with Crippen LogP contribution in [-0.4, -0.2) is 232 Å². The van der Waals surface area contributed by atoms with Crippen molar-refractivity contribution >= 4 is 108 Å². The van der Waals surface area contributed by atoms with Gasteiger partial charge in [-0.2, -0.15) is 0 Å². The quantitative estimate of drug-likeness (QED) is 0.0345. The molecule has 35 nitrogen and oxygen atoms in total. The lowest BCUT2D eigenvalue weighted by Crippen LogP contribution is -2.58. The van der Waals surface area contributed by atoms with E-state index in [4.69, 9.17) is 28.4 Å². The first-order valence-electron chi connectivity index (χ1n) is 38.0. The van der Waals surface area contributed by atoms with Crippen LogP contribution in [0.15, 0.2) is 74.0 Å². The molecule has 9 fully saturated rings. The maximum absolute atomic E-state index is 14.7. The van der Waals surface area contributed by atoms with Gasteiger partial charge in [-0.1, -0.05) is 42.0 Å². The molecule has 10 aliphatic rings. The lowest BCUT2D eigenvalue weighted by molar-refractivity contribution is -0.157. The van der Waals surface area contributed by atoms with Crippen LogP contribution >= 0.6 is 0 Å². The number of nitrogens with zero attached hydrogens (tertiary/aromatic N) is 5. The highest BCUT2D eigenvalue weighted by Crippen LogP contribution is 2.47. The Morgan fingerprint density at radius 2 is 1.25 bits per heavy atom. The number of cyclic esters (lactones) is 1. The Bertz CT molecular complexity index is 4680. The van der Waals surface area contributed by atoms with Gasteiger partial charge in [-0.05, 0) is 129 Å². The van der Waals surface area contributed by atoms with E-state index in [9.17, 15) is 83.6 Å². The minimum atomic E-state index is -3.99. The molecular weight excluding hydrogens is 1530 g/mol. The number of aromatic nitrogens is 1. The Balaban J connectivity index is 0.000000211. The number of ether oxygens (including phenoxy) is 6. The summed E-state index contributed by atoms with van der Waals surface area (Å²) >= 11 is 0. The molecule has 4 aliphatic carbocycles. The molecule has 6 aliphatic heterocycles. The zero-order valence-corrected chi connectivity index (χ0v) is 65.8. The van der Waals surface area contributed by atoms with Crippen LogP contribution in [-0.2, 0) is 105 Å². The second-order valence-corrected chi connectivity index (χ2v) is 36.5. The van der Waals surface area contributed by atoms with Gasteiger partial charge >= 0.3 is 30.2 Å². The molecule has 11 amide bonds. The third kappa shape index (κ3) is 19.0. The van der Waals surface area contributed by atoms with Gasteiger partial charge < -0.3 is 69.7 Å². The summed E-state index contributed by atoms with van der Waals surface area (Å²) in [4.78, 5) is 183. The Morgan fingerprint density at radius 1 is 0.684 bits per heavy atom. The van der Waals surface area contributed by atoms with Crippen molar-refractivity contribution in [2.24, 2.45) is 11.8 Å². The van der Waals surface area contributed by atoms with Gasteiger partial charge in [0.05, 0.1) is 36.7 Å². The number of benzene rings is 2. The van der Waals surface area contributed by atoms with Crippen molar-refractivity contribution in [3.8, 4) is 5.88 Å². The van der Waals surface area contributed by atoms with E-state index < -0.39 is 203 Å². The molecule has 5 saturated heterocycles. The molecule has 13 rings (SSSR count). The highest BCUT2D eigenvalue weighted by Gasteiger charge is 2.64. The Hall–Kier alpha value is -10.5. The SMILES string of the molecule is C=CC1C[C@]1(NC(=O)[C@@H]1C[C@@H](OC(=O)N2Cc3cccc(F)c3C2)CN1C(=O)[C@H](CCNC(=O)[C@H]1CCC(=O)O1)NC(=O)OC(C)(C)C)C(=O)NS(=O)(=O)C1CC1.C=C[C@@H]1C[C@]1(NC(=O)[C@@H]1C[C@@H](Oc2nccc3cc(C)ccc23)CN1C(=O)[C@H](CCC(=O)N1C[C@@H]2C[C@H]1C(=O)O2)NC(=O)OC(C)(C)C)C(=O)NS(=O)(=O)C1CC1. The fourth-order valence-electron chi connectivity index (χ4n) is 15.1. The number of alkyl carbamates (subject to hydrolysis) is 2. The van der Waals surface area contributed by atoms with Crippen LogP contribution in [0.5, 0.6) is 5.88 Å². The zero-order valence-electron chi connectivity index (χ0n) is 64.2. The van der Waals surface area contributed by atoms with E-state index in [0.717, 1.165) is 15.8 Å². The van der Waals surface area contributed by atoms with E-state index >= 15 is 0 Å². The zero-order chi connectivity index (χ0) is 82.5. The maximum Gasteiger partial charge on any atom is 0.410 e. The van der Waals surface area contributed by atoms with E-state index in [1.807, 2.05) is 31.2 Å². The minimum Gasteiger partial charge on any atom is -0.472 e. The molecule has 38 heteroatoms. The normalized spacial score (nSPS) is 26.4. The summed E-state index contributed by atoms with van der Waals surface area (Å²) in [7, 11) is -7.95. The molecule has 616 valence electrons. The Kier molecular flexibility index (Phi) is 23.6. The van der Waals surface area contributed by atoms with Crippen LogP contribution in [0.3, 0.4) is 0 Å². The van der Waals surface area contributed by atoms with Crippen molar-refractivity contribution in [3.05, 3.63) is 96.5 Å². The molecule has 1 unspecified atom stereocenters. The number of hydrogen-bond donors (Lipinski definition) is 7. The number of amides is 11. The van der Waals surface area contributed by atoms with Gasteiger partial charge in [-0.3, -0.25) is 57.5 Å². The predicted octanol–water partition coefficient (Wildman–Crippen LogP) is 2.78. The number of esters is 2. The molecule has 2 bridgehead atoms. The number of sulfonamides is 2. The molecule has 4 saturated carbocycles. The smallest absolute Gasteiger partial charge is 0.410 e. The fourth-order valence-corrected chi connectivity index (χ4v) is 17.8. The molecule has 7 N–H and O–H groups in total. The van der Waals surface area contributed by atoms with E-state index in [-0.39, 0.29) is 103 Å². The molecule has 0 radical (unpaired) electrons. The van der Waals surface area contributed by atoms with E-state index in [0.29, 0.717) is 48.6 Å². The first kappa shape index (κ1) is 82.9. The number of hydrogen-bond acceptors (Lipinski definition) is 24. The van der Waals surface area contributed by atoms with E-state index in [2.05, 4.69) is 54.2 Å². The Labute approximate surface area is 657 Å². The summed E-state index contributed by atoms with van der Waals surface area (Å²) in [5.74, 6) is -8.49. The molecule has 3 aromatic rings. The first-order valence-corrected chi connectivity index (χ1v) is 41.1. The van der Waals surface area contributed by atoms with Crippen LogP contribution in [0.25, 0.3) is 10.8 Å². The summed E-state index contributed by atoms with van der Waals surface area (Å²) in [6.45, 7) is 18.7. The van der Waals surface area contributed by atoms with Crippen molar-refractivity contribution in [2.45, 2.75) is 239 Å². The van der Waals surface area contributed by atoms with E-state index in [1.54, 1.807) is 53.8 Å². The van der Waals surface area contributed by atoms with Crippen LogP contribution in [0, 0.1) is 24.6 Å². The van der Waals surface area contributed by atoms with Gasteiger partial charge in [-0.25, -0.2) is 45.4 Å². The number of halogens is 1. The maximum atomic E-state index is 14.7. The standard InChI is InChI=1S/C39H48N6O11S.C37H47FN6O12S/c1-6-23-18-39(23,36(50)43-57(52,53)26-8-9-26)42-32(47)29-16-24(54-33-27-10-7-21(2)15-22(27)13-14-40-33)20-45(29)34(48)28(41-37(51)56-38(3,4)5)11-12-31(46)44-19-25-17-30(44)35(49)55-25;1-5-21-16-37(21,33(49)42-57(52,53)23-9-10-23)41-30(46)27-15-22(54-35(51)43-17-20-7-6-8-25(38)24(20)19-43)18-44(27)32(48)26(40-34(50)56-36(2,3)4)13-14-39-31(47)28-11-12-29(45)55-28/h6-7,10,13-15,23-26,28-30H,1,8-9,11-12,16-20H2,2-5H3,(H,41,51)(H,42,47)(H,43,50);5-8,21-23,26-28H,1,9-19H2,2-4H3,(H,39,47)(H,40,50)(H,41,46)(H,42,49)/t23-,24-,25+,28+,29+,30+,39-;21?,22-,26+,27+,28-,37-/m11/s1. The summed E-state index contributed by atoms with van der Waals surface area (Å²) in [5.41, 5.74) is -3.28. The number of carbonyl (C=O) groups is 13. The Morgan fingerprint density at radius 3 is 1.75 bits per heavy atom. The molecular formula is C76H95FN12O23S2. The number of likely N-dealkylation sites (tertiary alicyclic amines) is 3.